The van der Waals surface area contributed by atoms with Gasteiger partial charge in [-0.3, -0.25) is 4.79 Å². The Hall–Kier alpha value is -3.09. The fourth-order valence-electron chi connectivity index (χ4n) is 5.09. The van der Waals surface area contributed by atoms with E-state index in [0.717, 1.165) is 0 Å². The van der Waals surface area contributed by atoms with Crippen LogP contribution in [0.3, 0.4) is 0 Å². The number of ketones is 1. The standard InChI is InChI=1S/C26H32O15/c1-39-9-4-2-3-8(5-9)15(29)12-18(32)13(25-23(37)21(35)16(30)10(6-27)40-25)20(34)14(19(12)33)26-24(38)22(36)17(31)11(7-28)41-26/h2-5,10-11,16-17,21-28,30-38H,6-7H2,1H3/t10-,11-,16-,17-,21+,22+,23-,24-,25+,26+/m1/s1. The zero-order chi connectivity index (χ0) is 30.3. The maximum absolute atomic E-state index is 13.7. The molecule has 2 aromatic carbocycles. The summed E-state index contributed by atoms with van der Waals surface area (Å²) < 4.78 is 16.0. The van der Waals surface area contributed by atoms with Gasteiger partial charge in [-0.2, -0.15) is 0 Å². The minimum atomic E-state index is -2.07. The molecule has 10 atom stereocenters. The molecule has 0 spiro atoms. The first kappa shape index (κ1) is 30.9. The van der Waals surface area contributed by atoms with Crippen LogP contribution in [0, 0.1) is 0 Å². The Kier molecular flexibility index (Phi) is 9.05. The quantitative estimate of drug-likeness (QED) is 0.145. The van der Waals surface area contributed by atoms with E-state index in [1.165, 1.54) is 31.4 Å². The molecule has 2 fully saturated rings. The number of aromatic hydroxyl groups is 3. The summed E-state index contributed by atoms with van der Waals surface area (Å²) in [5, 5.41) is 116. The summed E-state index contributed by atoms with van der Waals surface area (Å²) in [6.45, 7) is -1.76. The second-order valence-electron chi connectivity index (χ2n) is 9.81. The Balaban J connectivity index is 1.99. The van der Waals surface area contributed by atoms with Crippen molar-refractivity contribution in [3.8, 4) is 23.0 Å². The fourth-order valence-corrected chi connectivity index (χ4v) is 5.09. The van der Waals surface area contributed by atoms with Crippen LogP contribution in [0.5, 0.6) is 23.0 Å². The van der Waals surface area contributed by atoms with Crippen molar-refractivity contribution in [1.82, 2.24) is 0 Å². The lowest BCUT2D eigenvalue weighted by Crippen LogP contribution is -2.55. The van der Waals surface area contributed by atoms with Gasteiger partial charge in [0, 0.05) is 5.56 Å². The minimum absolute atomic E-state index is 0.139. The molecule has 0 amide bonds. The monoisotopic (exact) mass is 584 g/mol. The van der Waals surface area contributed by atoms with Crippen molar-refractivity contribution in [1.29, 1.82) is 0 Å². The Morgan fingerprint density at radius 1 is 0.732 bits per heavy atom. The van der Waals surface area contributed by atoms with Crippen LogP contribution >= 0.6 is 0 Å². The van der Waals surface area contributed by atoms with Crippen LogP contribution in [0.2, 0.25) is 0 Å². The van der Waals surface area contributed by atoms with Crippen LogP contribution in [0.15, 0.2) is 24.3 Å². The molecule has 11 N–H and O–H groups in total. The van der Waals surface area contributed by atoms with Crippen LogP contribution in [0.1, 0.15) is 39.3 Å². The molecule has 2 heterocycles. The molecule has 0 aromatic heterocycles. The number of carbonyl (C=O) groups is 1. The molecule has 0 bridgehead atoms. The van der Waals surface area contributed by atoms with E-state index in [9.17, 15) is 61.0 Å². The van der Waals surface area contributed by atoms with Crippen molar-refractivity contribution >= 4 is 5.78 Å². The van der Waals surface area contributed by atoms with E-state index in [0.29, 0.717) is 0 Å². The van der Waals surface area contributed by atoms with Gasteiger partial charge in [-0.25, -0.2) is 0 Å². The van der Waals surface area contributed by atoms with Gasteiger partial charge in [-0.1, -0.05) is 12.1 Å². The van der Waals surface area contributed by atoms with Gasteiger partial charge in [0.25, 0.3) is 0 Å². The Morgan fingerprint density at radius 3 is 1.61 bits per heavy atom. The molecule has 2 aromatic rings. The number of hydrogen-bond donors (Lipinski definition) is 11. The number of rotatable bonds is 7. The third-order valence-corrected chi connectivity index (χ3v) is 7.41. The largest absolute Gasteiger partial charge is 0.507 e. The maximum Gasteiger partial charge on any atom is 0.200 e. The first-order valence-corrected chi connectivity index (χ1v) is 12.5. The summed E-state index contributed by atoms with van der Waals surface area (Å²) in [7, 11) is 1.33. The summed E-state index contributed by atoms with van der Waals surface area (Å²) in [5.74, 6) is -4.24. The lowest BCUT2D eigenvalue weighted by molar-refractivity contribution is -0.234. The first-order chi connectivity index (χ1) is 19.4. The Morgan fingerprint density at radius 2 is 1.20 bits per heavy atom. The minimum Gasteiger partial charge on any atom is -0.507 e. The molecule has 41 heavy (non-hydrogen) atoms. The SMILES string of the molecule is COc1cccc(C(=O)c2c(O)c([C@@H]3O[C@H](CO)[C@@H](O)[C@H](O)[C@H]3O)c(O)c([C@@H]3O[C@H](CO)[C@@H](O)[C@H](O)[C@H]3O)c2O)c1. The highest BCUT2D eigenvalue weighted by molar-refractivity contribution is 6.13. The van der Waals surface area contributed by atoms with Gasteiger partial charge >= 0.3 is 0 Å². The van der Waals surface area contributed by atoms with Crippen LogP contribution in [-0.4, -0.2) is 131 Å². The van der Waals surface area contributed by atoms with E-state index in [1.54, 1.807) is 0 Å². The zero-order valence-electron chi connectivity index (χ0n) is 21.5. The topological polar surface area (TPSA) is 267 Å². The number of methoxy groups -OCH3 is 1. The average Bonchev–Trinajstić information content (AvgIpc) is 2.96. The molecular formula is C26H32O15. The molecule has 15 heteroatoms. The number of carbonyl (C=O) groups excluding carboxylic acids is 1. The van der Waals surface area contributed by atoms with Gasteiger partial charge in [0.1, 0.15) is 89.6 Å². The van der Waals surface area contributed by atoms with Crippen LogP contribution in [0.25, 0.3) is 0 Å². The molecule has 0 saturated carbocycles. The van der Waals surface area contributed by atoms with E-state index in [4.69, 9.17) is 14.2 Å². The molecule has 0 radical (unpaired) electrons. The Labute approximate surface area is 232 Å². The van der Waals surface area contributed by atoms with Crippen LogP contribution < -0.4 is 4.74 Å². The third kappa shape index (κ3) is 5.21. The molecule has 0 aliphatic carbocycles. The second kappa shape index (κ2) is 12.0. The van der Waals surface area contributed by atoms with Gasteiger partial charge in [-0.05, 0) is 12.1 Å². The van der Waals surface area contributed by atoms with Gasteiger partial charge in [0.15, 0.2) is 0 Å². The number of hydrogen-bond acceptors (Lipinski definition) is 15. The molecule has 2 aliphatic heterocycles. The summed E-state index contributed by atoms with van der Waals surface area (Å²) in [6, 6.07) is 5.50. The summed E-state index contributed by atoms with van der Waals surface area (Å²) in [6.07, 6.45) is -18.7. The second-order valence-corrected chi connectivity index (χ2v) is 9.81. The third-order valence-electron chi connectivity index (χ3n) is 7.41. The normalized spacial score (nSPS) is 33.9. The predicted molar refractivity (Wildman–Crippen MR) is 133 cm³/mol. The lowest BCUT2D eigenvalue weighted by atomic mass is 9.83. The molecule has 2 saturated heterocycles. The van der Waals surface area contributed by atoms with E-state index in [2.05, 4.69) is 0 Å². The highest BCUT2D eigenvalue weighted by Crippen LogP contribution is 2.53. The van der Waals surface area contributed by atoms with E-state index >= 15 is 0 Å². The number of aliphatic hydroxyl groups is 8. The fraction of sp³-hybridized carbons (Fsp3) is 0.500. The highest BCUT2D eigenvalue weighted by Gasteiger charge is 2.50. The smallest absolute Gasteiger partial charge is 0.200 e. The highest BCUT2D eigenvalue weighted by atomic mass is 16.6. The van der Waals surface area contributed by atoms with E-state index in [-0.39, 0.29) is 11.3 Å². The van der Waals surface area contributed by atoms with Crippen molar-refractivity contribution in [3.63, 3.8) is 0 Å². The number of phenols is 3. The lowest BCUT2D eigenvalue weighted by Gasteiger charge is -2.42. The van der Waals surface area contributed by atoms with Gasteiger partial charge in [-0.15, -0.1) is 0 Å². The predicted octanol–water partition coefficient (Wildman–Crippen LogP) is -2.93. The van der Waals surface area contributed by atoms with Crippen LogP contribution in [-0.2, 0) is 9.47 Å². The van der Waals surface area contributed by atoms with Crippen molar-refractivity contribution in [2.75, 3.05) is 20.3 Å². The number of phenolic OH excluding ortho intramolecular Hbond substituents is 3. The molecule has 2 aliphatic rings. The molecular weight excluding hydrogens is 552 g/mol. The summed E-state index contributed by atoms with van der Waals surface area (Å²) in [4.78, 5) is 13.7. The molecule has 15 nitrogen and oxygen atoms in total. The molecule has 4 rings (SSSR count). The first-order valence-electron chi connectivity index (χ1n) is 12.5. The average molecular weight is 585 g/mol. The van der Waals surface area contributed by atoms with Gasteiger partial charge in [0.05, 0.1) is 31.5 Å². The van der Waals surface area contributed by atoms with Crippen LogP contribution in [0.4, 0.5) is 0 Å². The van der Waals surface area contributed by atoms with Crippen molar-refractivity contribution in [2.45, 2.75) is 61.0 Å². The van der Waals surface area contributed by atoms with Gasteiger partial charge in [0.2, 0.25) is 5.78 Å². The number of aliphatic hydroxyl groups excluding tert-OH is 8. The molecule has 0 unspecified atom stereocenters. The zero-order valence-corrected chi connectivity index (χ0v) is 21.5. The Bertz CT molecular complexity index is 1200. The summed E-state index contributed by atoms with van der Waals surface area (Å²) >= 11 is 0. The van der Waals surface area contributed by atoms with Crippen molar-refractivity contribution in [2.24, 2.45) is 0 Å². The van der Waals surface area contributed by atoms with Crippen molar-refractivity contribution < 1.29 is 75.2 Å². The maximum atomic E-state index is 13.7. The molecule has 226 valence electrons. The summed E-state index contributed by atoms with van der Waals surface area (Å²) in [5.41, 5.74) is -2.65. The van der Waals surface area contributed by atoms with E-state index < -0.39 is 114 Å². The number of ether oxygens (including phenoxy) is 3. The van der Waals surface area contributed by atoms with Gasteiger partial charge < -0.3 is 70.4 Å². The van der Waals surface area contributed by atoms with E-state index in [1.807, 2.05) is 0 Å². The van der Waals surface area contributed by atoms with Crippen molar-refractivity contribution in [3.05, 3.63) is 46.5 Å². The number of benzene rings is 2.